The minimum absolute atomic E-state index is 0.620. The van der Waals surface area contributed by atoms with Crippen molar-refractivity contribution in [2.24, 2.45) is 0 Å². The topological polar surface area (TPSA) is 29.1 Å². The minimum atomic E-state index is 0.620. The average molecular weight is 207 g/mol. The normalized spacial score (nSPS) is 9.20. The van der Waals surface area contributed by atoms with Crippen molar-refractivity contribution in [1.29, 1.82) is 0 Å². The van der Waals surface area contributed by atoms with Gasteiger partial charge < -0.3 is 10.1 Å². The summed E-state index contributed by atoms with van der Waals surface area (Å²) in [5, 5.41) is 3.16. The first-order valence-corrected chi connectivity index (χ1v) is 5.24. The van der Waals surface area contributed by atoms with Crippen molar-refractivity contribution in [3.05, 3.63) is 29.3 Å². The van der Waals surface area contributed by atoms with Gasteiger partial charge in [-0.05, 0) is 37.0 Å². The van der Waals surface area contributed by atoms with Gasteiger partial charge in [-0.1, -0.05) is 26.0 Å². The number of anilines is 1. The number of carbonyl (C=O) groups excluding carboxylic acids is 1. The fourth-order valence-corrected chi connectivity index (χ4v) is 1.33. The predicted molar refractivity (Wildman–Crippen MR) is 66.6 cm³/mol. The molecule has 1 aromatic rings. The molecule has 0 aliphatic rings. The average Bonchev–Trinajstić information content (AvgIpc) is 2.18. The van der Waals surface area contributed by atoms with Gasteiger partial charge in [0.05, 0.1) is 0 Å². The summed E-state index contributed by atoms with van der Waals surface area (Å²) < 4.78 is 0. The lowest BCUT2D eigenvalue weighted by molar-refractivity contribution is -0.106. The second kappa shape index (κ2) is 7.04. The molecule has 0 saturated carbocycles. The molecule has 1 N–H and O–H groups in total. The number of nitrogens with one attached hydrogen (secondary N) is 1. The number of benzene rings is 1. The van der Waals surface area contributed by atoms with Crippen LogP contribution in [0, 0.1) is 6.92 Å². The Morgan fingerprint density at radius 2 is 1.87 bits per heavy atom. The highest BCUT2D eigenvalue weighted by atomic mass is 16.1. The van der Waals surface area contributed by atoms with Gasteiger partial charge in [-0.15, -0.1) is 0 Å². The molecule has 0 amide bonds. The predicted octanol–water partition coefficient (Wildman–Crippen LogP) is 3.37. The smallest absolute Gasteiger partial charge is 0.116 e. The molecular weight excluding hydrogens is 186 g/mol. The van der Waals surface area contributed by atoms with E-state index in [-0.39, 0.29) is 0 Å². The van der Waals surface area contributed by atoms with Gasteiger partial charge in [0.2, 0.25) is 0 Å². The molecule has 0 bridgehead atoms. The van der Waals surface area contributed by atoms with Gasteiger partial charge in [0.25, 0.3) is 0 Å². The van der Waals surface area contributed by atoms with Gasteiger partial charge in [0, 0.05) is 12.7 Å². The second-order valence-corrected chi connectivity index (χ2v) is 3.71. The van der Waals surface area contributed by atoms with Crippen LogP contribution < -0.4 is 5.32 Å². The van der Waals surface area contributed by atoms with Crippen molar-refractivity contribution in [3.63, 3.8) is 0 Å². The van der Waals surface area contributed by atoms with E-state index in [1.807, 2.05) is 7.05 Å². The third-order valence-corrected chi connectivity index (χ3v) is 2.19. The largest absolute Gasteiger partial charge is 0.388 e. The maximum absolute atomic E-state index is 8.81. The van der Waals surface area contributed by atoms with E-state index in [0.717, 1.165) is 6.29 Å². The first-order chi connectivity index (χ1) is 7.06. The molecule has 0 fully saturated rings. The van der Waals surface area contributed by atoms with Crippen LogP contribution in [0.3, 0.4) is 0 Å². The molecule has 1 aromatic carbocycles. The van der Waals surface area contributed by atoms with E-state index in [1.165, 1.54) is 23.7 Å². The third-order valence-electron chi connectivity index (χ3n) is 2.19. The fraction of sp³-hybridized carbons (Fsp3) is 0.462. The Morgan fingerprint density at radius 3 is 2.20 bits per heavy atom. The Hall–Kier alpha value is -1.31. The molecule has 1 rings (SSSR count). The van der Waals surface area contributed by atoms with Crippen molar-refractivity contribution >= 4 is 12.0 Å². The highest BCUT2D eigenvalue weighted by molar-refractivity contribution is 5.51. The van der Waals surface area contributed by atoms with Crippen molar-refractivity contribution in [2.45, 2.75) is 33.6 Å². The Balaban J connectivity index is 0.000000583. The maximum atomic E-state index is 8.81. The molecule has 2 nitrogen and oxygen atoms in total. The van der Waals surface area contributed by atoms with Crippen LogP contribution >= 0.6 is 0 Å². The van der Waals surface area contributed by atoms with E-state index >= 15 is 0 Å². The lowest BCUT2D eigenvalue weighted by atomic mass is 10.0. The van der Waals surface area contributed by atoms with Crippen molar-refractivity contribution < 1.29 is 4.79 Å². The van der Waals surface area contributed by atoms with Gasteiger partial charge in [0.1, 0.15) is 6.29 Å². The monoisotopic (exact) mass is 207 g/mol. The number of carbonyl (C=O) groups is 1. The van der Waals surface area contributed by atoms with E-state index < -0.39 is 0 Å². The fourth-order valence-electron chi connectivity index (χ4n) is 1.33. The zero-order valence-corrected chi connectivity index (χ0v) is 10.3. The molecule has 0 aliphatic heterocycles. The highest BCUT2D eigenvalue weighted by Gasteiger charge is 2.00. The molecule has 2 heteroatoms. The second-order valence-electron chi connectivity index (χ2n) is 3.71. The summed E-state index contributed by atoms with van der Waals surface area (Å²) in [4.78, 5) is 8.81. The van der Waals surface area contributed by atoms with Gasteiger partial charge in [-0.2, -0.15) is 0 Å². The van der Waals surface area contributed by atoms with Crippen LogP contribution in [0.25, 0.3) is 0 Å². The van der Waals surface area contributed by atoms with Crippen molar-refractivity contribution in [1.82, 2.24) is 0 Å². The molecule has 0 atom stereocenters. The quantitative estimate of drug-likeness (QED) is 0.753. The van der Waals surface area contributed by atoms with Crippen LogP contribution in [-0.4, -0.2) is 13.3 Å². The zero-order chi connectivity index (χ0) is 11.8. The van der Waals surface area contributed by atoms with E-state index in [9.17, 15) is 0 Å². The number of hydrogen-bond acceptors (Lipinski definition) is 2. The zero-order valence-electron chi connectivity index (χ0n) is 10.3. The van der Waals surface area contributed by atoms with Crippen LogP contribution in [0.1, 0.15) is 37.8 Å². The molecular formula is C13H21NO. The Morgan fingerprint density at radius 1 is 1.33 bits per heavy atom. The summed E-state index contributed by atoms with van der Waals surface area (Å²) in [6.45, 7) is 8.01. The summed E-state index contributed by atoms with van der Waals surface area (Å²) in [5.74, 6) is 0.620. The third kappa shape index (κ3) is 4.63. The van der Waals surface area contributed by atoms with Crippen LogP contribution in [-0.2, 0) is 4.79 Å². The van der Waals surface area contributed by atoms with Gasteiger partial charge in [0.15, 0.2) is 0 Å². The van der Waals surface area contributed by atoms with Gasteiger partial charge in [-0.3, -0.25) is 0 Å². The van der Waals surface area contributed by atoms with E-state index in [1.54, 1.807) is 0 Å². The van der Waals surface area contributed by atoms with Crippen molar-refractivity contribution in [2.75, 3.05) is 12.4 Å². The maximum Gasteiger partial charge on any atom is 0.116 e. The first-order valence-electron chi connectivity index (χ1n) is 5.24. The molecule has 0 radical (unpaired) electrons. The van der Waals surface area contributed by atoms with Crippen molar-refractivity contribution in [3.8, 4) is 0 Å². The molecule has 0 aliphatic carbocycles. The number of aldehydes is 1. The van der Waals surface area contributed by atoms with Crippen LogP contribution in [0.4, 0.5) is 5.69 Å². The summed E-state index contributed by atoms with van der Waals surface area (Å²) in [5.41, 5.74) is 3.95. The van der Waals surface area contributed by atoms with Crippen LogP contribution in [0.15, 0.2) is 18.2 Å². The number of aryl methyl sites for hydroxylation is 1. The molecule has 0 heterocycles. The SMILES string of the molecule is CC=O.CNc1ccc(C(C)C)cc1C. The molecule has 15 heavy (non-hydrogen) atoms. The lowest BCUT2D eigenvalue weighted by Crippen LogP contribution is -1.94. The standard InChI is InChI=1S/C11H17N.C2H4O/c1-8(2)10-5-6-11(12-4)9(3)7-10;1-2-3/h5-8,12H,1-4H3;2H,1H3. The summed E-state index contributed by atoms with van der Waals surface area (Å²) in [7, 11) is 1.96. The van der Waals surface area contributed by atoms with Gasteiger partial charge in [-0.25, -0.2) is 0 Å². The molecule has 84 valence electrons. The van der Waals surface area contributed by atoms with Gasteiger partial charge >= 0.3 is 0 Å². The molecule has 0 aromatic heterocycles. The highest BCUT2D eigenvalue weighted by Crippen LogP contribution is 2.20. The number of hydrogen-bond donors (Lipinski definition) is 1. The number of rotatable bonds is 2. The summed E-state index contributed by atoms with van der Waals surface area (Å²) >= 11 is 0. The minimum Gasteiger partial charge on any atom is -0.388 e. The first kappa shape index (κ1) is 13.7. The van der Waals surface area contributed by atoms with Crippen LogP contribution in [0.2, 0.25) is 0 Å². The Kier molecular flexibility index (Phi) is 6.43. The van der Waals surface area contributed by atoms with Crippen LogP contribution in [0.5, 0.6) is 0 Å². The molecule has 0 spiro atoms. The Bertz CT molecular complexity index is 305. The van der Waals surface area contributed by atoms with E-state index in [0.29, 0.717) is 5.92 Å². The lowest BCUT2D eigenvalue weighted by Gasteiger charge is -2.09. The summed E-state index contributed by atoms with van der Waals surface area (Å²) in [6.07, 6.45) is 0.750. The van der Waals surface area contributed by atoms with E-state index in [2.05, 4.69) is 44.3 Å². The molecule has 0 saturated heterocycles. The molecule has 0 unspecified atom stereocenters. The summed E-state index contributed by atoms with van der Waals surface area (Å²) in [6, 6.07) is 6.57. The Labute approximate surface area is 92.7 Å². The van der Waals surface area contributed by atoms with E-state index in [4.69, 9.17) is 4.79 Å².